The van der Waals surface area contributed by atoms with Crippen LogP contribution in [0.5, 0.6) is 0 Å². The van der Waals surface area contributed by atoms with E-state index in [2.05, 4.69) is 14.9 Å². The molecule has 1 aromatic heterocycles. The number of benzene rings is 2. The molecule has 0 bridgehead atoms. The molecular weight excluding hydrogens is 394 g/mol. The van der Waals surface area contributed by atoms with Crippen LogP contribution in [-0.4, -0.2) is 30.6 Å². The van der Waals surface area contributed by atoms with Gasteiger partial charge >= 0.3 is 5.97 Å². The summed E-state index contributed by atoms with van der Waals surface area (Å²) in [6.07, 6.45) is 0.672. The lowest BCUT2D eigenvalue weighted by Crippen LogP contribution is -2.32. The number of hydrogen-bond donors (Lipinski definition) is 1. The fourth-order valence-corrected chi connectivity index (χ4v) is 3.73. The minimum Gasteiger partial charge on any atom is -0.452 e. The average Bonchev–Trinajstić information content (AvgIpc) is 3.21. The van der Waals surface area contributed by atoms with Crippen molar-refractivity contribution < 1.29 is 22.4 Å². The zero-order chi connectivity index (χ0) is 20.9. The molecule has 0 spiro atoms. The molecule has 0 radical (unpaired) electrons. The Balaban J connectivity index is 1.61. The van der Waals surface area contributed by atoms with Gasteiger partial charge in [0.15, 0.2) is 6.61 Å². The number of rotatable bonds is 8. The van der Waals surface area contributed by atoms with E-state index in [4.69, 9.17) is 9.15 Å². The van der Waals surface area contributed by atoms with Crippen LogP contribution < -0.4 is 4.72 Å². The molecule has 2 aromatic carbocycles. The van der Waals surface area contributed by atoms with Gasteiger partial charge in [0.05, 0.1) is 10.5 Å². The van der Waals surface area contributed by atoms with Gasteiger partial charge in [0.25, 0.3) is 5.89 Å². The topological polar surface area (TPSA) is 111 Å². The highest BCUT2D eigenvalue weighted by Gasteiger charge is 2.18. The van der Waals surface area contributed by atoms with Crippen LogP contribution in [0.2, 0.25) is 0 Å². The van der Waals surface area contributed by atoms with Crippen LogP contribution in [0.25, 0.3) is 11.5 Å². The van der Waals surface area contributed by atoms with Crippen molar-refractivity contribution in [2.75, 3.05) is 0 Å². The van der Waals surface area contributed by atoms with Crippen LogP contribution in [0, 0.1) is 0 Å². The molecule has 0 aliphatic heterocycles. The number of sulfonamides is 1. The summed E-state index contributed by atoms with van der Waals surface area (Å²) in [5, 5.41) is 7.78. The quantitative estimate of drug-likeness (QED) is 0.562. The van der Waals surface area contributed by atoms with Crippen LogP contribution in [0.15, 0.2) is 63.9 Å². The largest absolute Gasteiger partial charge is 0.452 e. The van der Waals surface area contributed by atoms with Gasteiger partial charge in [-0.15, -0.1) is 10.2 Å². The Morgan fingerprint density at radius 3 is 2.45 bits per heavy atom. The van der Waals surface area contributed by atoms with Crippen molar-refractivity contribution in [3.63, 3.8) is 0 Å². The predicted molar refractivity (Wildman–Crippen MR) is 105 cm³/mol. The van der Waals surface area contributed by atoms with Crippen molar-refractivity contribution in [2.24, 2.45) is 0 Å². The highest BCUT2D eigenvalue weighted by atomic mass is 32.2. The maximum Gasteiger partial charge on any atom is 0.338 e. The number of carbonyl (C=O) groups excluding carboxylic acids is 1. The highest BCUT2D eigenvalue weighted by Crippen LogP contribution is 2.18. The first-order valence-corrected chi connectivity index (χ1v) is 10.5. The molecule has 9 heteroatoms. The van der Waals surface area contributed by atoms with E-state index in [1.54, 1.807) is 6.92 Å². The number of esters is 1. The van der Waals surface area contributed by atoms with E-state index >= 15 is 0 Å². The third-order valence-electron chi connectivity index (χ3n) is 4.18. The van der Waals surface area contributed by atoms with E-state index in [9.17, 15) is 13.2 Å². The van der Waals surface area contributed by atoms with Gasteiger partial charge in [-0.1, -0.05) is 25.1 Å². The Bertz CT molecular complexity index is 1060. The van der Waals surface area contributed by atoms with E-state index < -0.39 is 16.0 Å². The van der Waals surface area contributed by atoms with Gasteiger partial charge in [-0.3, -0.25) is 0 Å². The summed E-state index contributed by atoms with van der Waals surface area (Å²) in [6, 6.07) is 14.6. The summed E-state index contributed by atoms with van der Waals surface area (Å²) in [6.45, 7) is 3.48. The Kier molecular flexibility index (Phi) is 6.40. The third kappa shape index (κ3) is 5.27. The molecule has 1 atom stereocenters. The minimum absolute atomic E-state index is 0.0822. The summed E-state index contributed by atoms with van der Waals surface area (Å²) in [7, 11) is -3.63. The number of aromatic nitrogens is 2. The first-order chi connectivity index (χ1) is 13.9. The van der Waals surface area contributed by atoms with Crippen molar-refractivity contribution in [2.45, 2.75) is 37.8 Å². The smallest absolute Gasteiger partial charge is 0.338 e. The molecule has 0 unspecified atom stereocenters. The first-order valence-electron chi connectivity index (χ1n) is 9.06. The summed E-state index contributed by atoms with van der Waals surface area (Å²) < 4.78 is 37.7. The fraction of sp³-hybridized carbons (Fsp3) is 0.250. The molecule has 3 aromatic rings. The van der Waals surface area contributed by atoms with E-state index in [0.29, 0.717) is 12.3 Å². The lowest BCUT2D eigenvalue weighted by Gasteiger charge is -2.12. The lowest BCUT2D eigenvalue weighted by atomic mass is 10.2. The van der Waals surface area contributed by atoms with Gasteiger partial charge in [0, 0.05) is 11.6 Å². The van der Waals surface area contributed by atoms with Gasteiger partial charge in [-0.05, 0) is 49.7 Å². The van der Waals surface area contributed by atoms with Crippen LogP contribution >= 0.6 is 0 Å². The molecule has 0 aliphatic rings. The van der Waals surface area contributed by atoms with Crippen LogP contribution in [0.3, 0.4) is 0 Å². The maximum atomic E-state index is 12.3. The molecule has 1 N–H and O–H groups in total. The van der Waals surface area contributed by atoms with Gasteiger partial charge in [0.2, 0.25) is 15.9 Å². The molecule has 0 saturated heterocycles. The number of ether oxygens (including phenoxy) is 1. The van der Waals surface area contributed by atoms with Crippen molar-refractivity contribution >= 4 is 16.0 Å². The Morgan fingerprint density at radius 1 is 1.10 bits per heavy atom. The van der Waals surface area contributed by atoms with Crippen molar-refractivity contribution in [1.29, 1.82) is 0 Å². The SMILES string of the molecule is CC[C@@H](C)NS(=O)(=O)c1ccc(C(=O)OCc2nnc(-c3ccccc3)o2)cc1. The Hall–Kier alpha value is -3.04. The summed E-state index contributed by atoms with van der Waals surface area (Å²) in [5.41, 5.74) is 0.982. The van der Waals surface area contributed by atoms with Gasteiger partial charge < -0.3 is 9.15 Å². The predicted octanol–water partition coefficient (Wildman–Crippen LogP) is 3.17. The molecule has 0 aliphatic carbocycles. The van der Waals surface area contributed by atoms with E-state index in [1.165, 1.54) is 24.3 Å². The molecule has 29 heavy (non-hydrogen) atoms. The molecular formula is C20H21N3O5S. The van der Waals surface area contributed by atoms with Gasteiger partial charge in [-0.2, -0.15) is 0 Å². The number of nitrogens with zero attached hydrogens (tertiary/aromatic N) is 2. The molecule has 3 rings (SSSR count). The highest BCUT2D eigenvalue weighted by molar-refractivity contribution is 7.89. The second-order valence-corrected chi connectivity index (χ2v) is 8.11. The summed E-state index contributed by atoms with van der Waals surface area (Å²) in [5.74, 6) is -0.127. The second-order valence-electron chi connectivity index (χ2n) is 6.40. The third-order valence-corrected chi connectivity index (χ3v) is 5.79. The lowest BCUT2D eigenvalue weighted by molar-refractivity contribution is 0.0438. The zero-order valence-corrected chi connectivity index (χ0v) is 16.8. The van der Waals surface area contributed by atoms with Gasteiger partial charge in [0.1, 0.15) is 0 Å². The molecule has 8 nitrogen and oxygen atoms in total. The van der Waals surface area contributed by atoms with Crippen molar-refractivity contribution in [1.82, 2.24) is 14.9 Å². The molecule has 0 amide bonds. The van der Waals surface area contributed by atoms with Crippen molar-refractivity contribution in [3.8, 4) is 11.5 Å². The molecule has 1 heterocycles. The number of carbonyl (C=O) groups is 1. The van der Waals surface area contributed by atoms with Crippen LogP contribution in [-0.2, 0) is 21.4 Å². The number of nitrogens with one attached hydrogen (secondary N) is 1. The van der Waals surface area contributed by atoms with E-state index in [-0.39, 0.29) is 29.0 Å². The van der Waals surface area contributed by atoms with Gasteiger partial charge in [-0.25, -0.2) is 17.9 Å². The Labute approximate surface area is 169 Å². The second kappa shape index (κ2) is 8.97. The fourth-order valence-electron chi connectivity index (χ4n) is 2.41. The Morgan fingerprint density at radius 2 is 1.79 bits per heavy atom. The van der Waals surface area contributed by atoms with Crippen LogP contribution in [0.1, 0.15) is 36.5 Å². The summed E-state index contributed by atoms with van der Waals surface area (Å²) in [4.78, 5) is 12.3. The average molecular weight is 415 g/mol. The zero-order valence-electron chi connectivity index (χ0n) is 16.0. The minimum atomic E-state index is -3.63. The van der Waals surface area contributed by atoms with Crippen molar-refractivity contribution in [3.05, 3.63) is 66.1 Å². The first kappa shape index (κ1) is 20.7. The summed E-state index contributed by atoms with van der Waals surface area (Å²) >= 11 is 0. The standard InChI is InChI=1S/C20H21N3O5S/c1-3-14(2)23-29(25,26)17-11-9-16(10-12-17)20(24)27-13-18-21-22-19(28-18)15-7-5-4-6-8-15/h4-12,14,23H,3,13H2,1-2H3/t14-/m1/s1. The maximum absolute atomic E-state index is 12.3. The molecule has 0 fully saturated rings. The van der Waals surface area contributed by atoms with Crippen LogP contribution in [0.4, 0.5) is 0 Å². The normalized spacial score (nSPS) is 12.5. The molecule has 0 saturated carbocycles. The van der Waals surface area contributed by atoms with E-state index in [1.807, 2.05) is 37.3 Å². The molecule has 152 valence electrons. The van der Waals surface area contributed by atoms with E-state index in [0.717, 1.165) is 5.56 Å². The monoisotopic (exact) mass is 415 g/mol. The number of hydrogen-bond acceptors (Lipinski definition) is 7.